The summed E-state index contributed by atoms with van der Waals surface area (Å²) in [6, 6.07) is 14.9. The molecule has 0 fully saturated rings. The third kappa shape index (κ3) is 4.35. The minimum Gasteiger partial charge on any atom is -0.346 e. The van der Waals surface area contributed by atoms with Crippen molar-refractivity contribution in [3.8, 4) is 0 Å². The van der Waals surface area contributed by atoms with Crippen molar-refractivity contribution in [1.82, 2.24) is 5.32 Å². The van der Waals surface area contributed by atoms with Gasteiger partial charge in [0.05, 0.1) is 6.04 Å². The second-order valence-electron chi connectivity index (χ2n) is 4.61. The minimum atomic E-state index is -0.192. The van der Waals surface area contributed by atoms with E-state index in [1.54, 1.807) is 24.3 Å². The Hall–Kier alpha value is -1.77. The number of hydrogen-bond donors (Lipinski definition) is 1. The van der Waals surface area contributed by atoms with E-state index in [2.05, 4.69) is 5.32 Å². The first-order chi connectivity index (χ1) is 10.1. The molecule has 0 saturated carbocycles. The summed E-state index contributed by atoms with van der Waals surface area (Å²) in [6.07, 6.45) is 3.06. The van der Waals surface area contributed by atoms with E-state index >= 15 is 0 Å². The summed E-state index contributed by atoms with van der Waals surface area (Å²) in [5, 5.41) is 3.93. The summed E-state index contributed by atoms with van der Waals surface area (Å²) in [6.45, 7) is 1.93. The molecule has 0 aliphatic carbocycles. The Kier molecular flexibility index (Phi) is 5.43. The van der Waals surface area contributed by atoms with Crippen molar-refractivity contribution >= 4 is 35.2 Å². The lowest BCUT2D eigenvalue weighted by molar-refractivity contribution is -0.117. The van der Waals surface area contributed by atoms with E-state index in [0.29, 0.717) is 15.6 Å². The number of carbonyl (C=O) groups is 1. The Morgan fingerprint density at radius 1 is 1.05 bits per heavy atom. The standard InChI is InChI=1S/C17H15Cl2NO/c1-12(13-6-3-2-4-7-13)20-17(21)11-10-14-15(18)8-5-9-16(14)19/h2-12H,1H3,(H,20,21)/b11-10+/t12-/m0/s1. The maximum atomic E-state index is 11.9. The summed E-state index contributed by atoms with van der Waals surface area (Å²) in [4.78, 5) is 11.9. The van der Waals surface area contributed by atoms with Gasteiger partial charge in [0, 0.05) is 21.7 Å². The maximum Gasteiger partial charge on any atom is 0.244 e. The van der Waals surface area contributed by atoms with Crippen LogP contribution in [0.25, 0.3) is 6.08 Å². The van der Waals surface area contributed by atoms with Crippen LogP contribution in [0.15, 0.2) is 54.6 Å². The van der Waals surface area contributed by atoms with E-state index in [0.717, 1.165) is 5.56 Å². The molecule has 108 valence electrons. The largest absolute Gasteiger partial charge is 0.346 e. The van der Waals surface area contributed by atoms with Gasteiger partial charge in [-0.2, -0.15) is 0 Å². The molecule has 1 N–H and O–H groups in total. The molecule has 0 heterocycles. The van der Waals surface area contributed by atoms with Gasteiger partial charge in [0.25, 0.3) is 0 Å². The highest BCUT2D eigenvalue weighted by atomic mass is 35.5. The van der Waals surface area contributed by atoms with Crippen LogP contribution in [0.2, 0.25) is 10.0 Å². The van der Waals surface area contributed by atoms with E-state index in [9.17, 15) is 4.79 Å². The van der Waals surface area contributed by atoms with Crippen LogP contribution < -0.4 is 5.32 Å². The predicted octanol–water partition coefficient (Wildman–Crippen LogP) is 4.88. The van der Waals surface area contributed by atoms with Crippen molar-refractivity contribution in [2.75, 3.05) is 0 Å². The molecule has 2 rings (SSSR count). The lowest BCUT2D eigenvalue weighted by Gasteiger charge is -2.12. The van der Waals surface area contributed by atoms with Gasteiger partial charge in [0.2, 0.25) is 5.91 Å². The van der Waals surface area contributed by atoms with Crippen molar-refractivity contribution in [2.45, 2.75) is 13.0 Å². The van der Waals surface area contributed by atoms with Gasteiger partial charge in [0.1, 0.15) is 0 Å². The van der Waals surface area contributed by atoms with Crippen molar-refractivity contribution in [3.63, 3.8) is 0 Å². The predicted molar refractivity (Wildman–Crippen MR) is 88.5 cm³/mol. The molecular formula is C17H15Cl2NO. The molecular weight excluding hydrogens is 305 g/mol. The van der Waals surface area contributed by atoms with Crippen LogP contribution in [0.3, 0.4) is 0 Å². The van der Waals surface area contributed by atoms with Crippen LogP contribution in [0.1, 0.15) is 24.1 Å². The minimum absolute atomic E-state index is 0.0648. The number of carbonyl (C=O) groups excluding carboxylic acids is 1. The fraction of sp³-hybridized carbons (Fsp3) is 0.118. The number of halogens is 2. The lowest BCUT2D eigenvalue weighted by atomic mass is 10.1. The second-order valence-corrected chi connectivity index (χ2v) is 5.42. The number of hydrogen-bond acceptors (Lipinski definition) is 1. The highest BCUT2D eigenvalue weighted by Crippen LogP contribution is 2.25. The Morgan fingerprint density at radius 2 is 1.67 bits per heavy atom. The van der Waals surface area contributed by atoms with Gasteiger partial charge in [0.15, 0.2) is 0 Å². The van der Waals surface area contributed by atoms with Crippen molar-refractivity contribution in [2.24, 2.45) is 0 Å². The Labute approximate surface area is 134 Å². The highest BCUT2D eigenvalue weighted by Gasteiger charge is 2.07. The molecule has 0 aliphatic heterocycles. The second kappa shape index (κ2) is 7.30. The zero-order valence-corrected chi connectivity index (χ0v) is 13.0. The van der Waals surface area contributed by atoms with Crippen LogP contribution >= 0.6 is 23.2 Å². The molecule has 0 spiro atoms. The van der Waals surface area contributed by atoms with Crippen LogP contribution in [-0.2, 0) is 4.79 Å². The Balaban J connectivity index is 2.03. The SMILES string of the molecule is C[C@H](NC(=O)/C=C/c1c(Cl)cccc1Cl)c1ccccc1. The number of benzene rings is 2. The Bertz CT molecular complexity index is 633. The molecule has 4 heteroatoms. The quantitative estimate of drug-likeness (QED) is 0.799. The first-order valence-corrected chi connectivity index (χ1v) is 7.31. The molecule has 2 aromatic rings. The Morgan fingerprint density at radius 3 is 2.29 bits per heavy atom. The molecule has 21 heavy (non-hydrogen) atoms. The fourth-order valence-corrected chi connectivity index (χ4v) is 2.44. The van der Waals surface area contributed by atoms with Crippen molar-refractivity contribution in [1.29, 1.82) is 0 Å². The lowest BCUT2D eigenvalue weighted by Crippen LogP contribution is -2.24. The van der Waals surface area contributed by atoms with Gasteiger partial charge >= 0.3 is 0 Å². The van der Waals surface area contributed by atoms with Crippen LogP contribution in [0.4, 0.5) is 0 Å². The number of amides is 1. The molecule has 0 aromatic heterocycles. The van der Waals surface area contributed by atoms with E-state index in [-0.39, 0.29) is 11.9 Å². The topological polar surface area (TPSA) is 29.1 Å². The molecule has 0 radical (unpaired) electrons. The van der Waals surface area contributed by atoms with Crippen molar-refractivity contribution in [3.05, 3.63) is 75.8 Å². The molecule has 0 aliphatic rings. The van der Waals surface area contributed by atoms with Gasteiger partial charge < -0.3 is 5.32 Å². The van der Waals surface area contributed by atoms with Gasteiger partial charge in [-0.25, -0.2) is 0 Å². The normalized spacial score (nSPS) is 12.3. The molecule has 2 nitrogen and oxygen atoms in total. The molecule has 1 atom stereocenters. The maximum absolute atomic E-state index is 11.9. The van der Waals surface area contributed by atoms with E-state index < -0.39 is 0 Å². The van der Waals surface area contributed by atoms with Crippen LogP contribution in [0, 0.1) is 0 Å². The van der Waals surface area contributed by atoms with Gasteiger partial charge in [-0.3, -0.25) is 4.79 Å². The van der Waals surface area contributed by atoms with Crippen LogP contribution in [-0.4, -0.2) is 5.91 Å². The summed E-state index contributed by atoms with van der Waals surface area (Å²) in [5.41, 5.74) is 1.69. The number of rotatable bonds is 4. The zero-order chi connectivity index (χ0) is 15.2. The third-order valence-corrected chi connectivity index (χ3v) is 3.72. The first-order valence-electron chi connectivity index (χ1n) is 6.55. The average molecular weight is 320 g/mol. The van der Waals surface area contributed by atoms with Crippen LogP contribution in [0.5, 0.6) is 0 Å². The highest BCUT2D eigenvalue weighted by molar-refractivity contribution is 6.37. The van der Waals surface area contributed by atoms with Gasteiger partial charge in [-0.05, 0) is 30.7 Å². The summed E-state index contributed by atoms with van der Waals surface area (Å²) < 4.78 is 0. The molecule has 0 unspecified atom stereocenters. The first kappa shape index (κ1) is 15.6. The van der Waals surface area contributed by atoms with Gasteiger partial charge in [-0.1, -0.05) is 59.6 Å². The van der Waals surface area contributed by atoms with E-state index in [4.69, 9.17) is 23.2 Å². The summed E-state index contributed by atoms with van der Waals surface area (Å²) in [7, 11) is 0. The fourth-order valence-electron chi connectivity index (χ4n) is 1.92. The van der Waals surface area contributed by atoms with E-state index in [1.165, 1.54) is 6.08 Å². The molecule has 0 bridgehead atoms. The van der Waals surface area contributed by atoms with Gasteiger partial charge in [-0.15, -0.1) is 0 Å². The average Bonchev–Trinajstić information content (AvgIpc) is 2.47. The molecule has 2 aromatic carbocycles. The molecule has 0 saturated heterocycles. The number of nitrogens with one attached hydrogen (secondary N) is 1. The molecule has 1 amide bonds. The van der Waals surface area contributed by atoms with E-state index in [1.807, 2.05) is 37.3 Å². The van der Waals surface area contributed by atoms with Crippen molar-refractivity contribution < 1.29 is 4.79 Å². The summed E-state index contributed by atoms with van der Waals surface area (Å²) >= 11 is 12.1. The zero-order valence-electron chi connectivity index (χ0n) is 11.5. The third-order valence-electron chi connectivity index (χ3n) is 3.06. The monoisotopic (exact) mass is 319 g/mol. The smallest absolute Gasteiger partial charge is 0.244 e. The summed E-state index contributed by atoms with van der Waals surface area (Å²) in [5.74, 6) is -0.192.